The van der Waals surface area contributed by atoms with E-state index in [1.54, 1.807) is 11.3 Å². The summed E-state index contributed by atoms with van der Waals surface area (Å²) in [6, 6.07) is 0. The van der Waals surface area contributed by atoms with Crippen LogP contribution in [0.25, 0.3) is 0 Å². The highest BCUT2D eigenvalue weighted by Crippen LogP contribution is 2.35. The Labute approximate surface area is 118 Å². The Kier molecular flexibility index (Phi) is 4.93. The summed E-state index contributed by atoms with van der Waals surface area (Å²) in [5, 5.41) is 2.92. The highest BCUT2D eigenvalue weighted by Gasteiger charge is 2.31. The average molecular weight is 282 g/mol. The van der Waals surface area contributed by atoms with Gasteiger partial charge in [-0.05, 0) is 19.8 Å². The maximum absolute atomic E-state index is 11.4. The van der Waals surface area contributed by atoms with Crippen molar-refractivity contribution < 1.29 is 9.53 Å². The van der Waals surface area contributed by atoms with E-state index in [0.29, 0.717) is 6.61 Å². The molecule has 0 spiro atoms. The lowest BCUT2D eigenvalue weighted by Crippen LogP contribution is -2.35. The summed E-state index contributed by atoms with van der Waals surface area (Å²) >= 11 is 1.58. The standard InChI is InChI=1S/C14H22N2O2S/c1-2-18-12(17)9-11-10-19-13(16-11)14(15)7-5-3-4-6-8-14/h10H,2-9,15H2,1H3. The second kappa shape index (κ2) is 6.48. The summed E-state index contributed by atoms with van der Waals surface area (Å²) in [5.41, 5.74) is 7.02. The first kappa shape index (κ1) is 14.5. The van der Waals surface area contributed by atoms with Crippen molar-refractivity contribution >= 4 is 17.3 Å². The number of thiazole rings is 1. The van der Waals surface area contributed by atoms with E-state index in [1.165, 1.54) is 25.7 Å². The van der Waals surface area contributed by atoms with E-state index in [0.717, 1.165) is 23.5 Å². The predicted octanol–water partition coefficient (Wildman–Crippen LogP) is 2.76. The van der Waals surface area contributed by atoms with E-state index in [4.69, 9.17) is 10.5 Å². The van der Waals surface area contributed by atoms with Gasteiger partial charge in [-0.1, -0.05) is 25.7 Å². The monoisotopic (exact) mass is 282 g/mol. The highest BCUT2D eigenvalue weighted by molar-refractivity contribution is 7.09. The number of ether oxygens (including phenoxy) is 1. The fourth-order valence-corrected chi connectivity index (χ4v) is 3.54. The molecule has 0 atom stereocenters. The van der Waals surface area contributed by atoms with Gasteiger partial charge in [0.1, 0.15) is 5.01 Å². The van der Waals surface area contributed by atoms with Crippen LogP contribution in [0.15, 0.2) is 5.38 Å². The third-order valence-corrected chi connectivity index (χ3v) is 4.72. The van der Waals surface area contributed by atoms with Crippen LogP contribution < -0.4 is 5.73 Å². The minimum absolute atomic E-state index is 0.216. The highest BCUT2D eigenvalue weighted by atomic mass is 32.1. The van der Waals surface area contributed by atoms with Gasteiger partial charge < -0.3 is 10.5 Å². The lowest BCUT2D eigenvalue weighted by molar-refractivity contribution is -0.142. The largest absolute Gasteiger partial charge is 0.466 e. The number of carbonyl (C=O) groups excluding carboxylic acids is 1. The van der Waals surface area contributed by atoms with E-state index in [-0.39, 0.29) is 17.9 Å². The van der Waals surface area contributed by atoms with Crippen LogP contribution in [0.2, 0.25) is 0 Å². The van der Waals surface area contributed by atoms with Crippen LogP contribution in [0, 0.1) is 0 Å². The van der Waals surface area contributed by atoms with Crippen LogP contribution in [-0.2, 0) is 21.5 Å². The van der Waals surface area contributed by atoms with Crippen molar-refractivity contribution in [2.45, 2.75) is 57.4 Å². The first-order valence-electron chi connectivity index (χ1n) is 7.03. The normalized spacial score (nSPS) is 18.8. The van der Waals surface area contributed by atoms with E-state index in [1.807, 2.05) is 12.3 Å². The van der Waals surface area contributed by atoms with Gasteiger partial charge in [-0.2, -0.15) is 0 Å². The van der Waals surface area contributed by atoms with E-state index < -0.39 is 0 Å². The Morgan fingerprint density at radius 1 is 1.42 bits per heavy atom. The molecule has 1 fully saturated rings. The maximum atomic E-state index is 11.4. The van der Waals surface area contributed by atoms with Crippen LogP contribution in [0.1, 0.15) is 56.2 Å². The number of hydrogen-bond acceptors (Lipinski definition) is 5. The van der Waals surface area contributed by atoms with Crippen molar-refractivity contribution in [3.8, 4) is 0 Å². The van der Waals surface area contributed by atoms with Gasteiger partial charge in [0.2, 0.25) is 0 Å². The van der Waals surface area contributed by atoms with Gasteiger partial charge in [0.05, 0.1) is 24.3 Å². The predicted molar refractivity (Wildman–Crippen MR) is 76.0 cm³/mol. The van der Waals surface area contributed by atoms with Gasteiger partial charge in [-0.15, -0.1) is 11.3 Å². The Morgan fingerprint density at radius 2 is 2.11 bits per heavy atom. The molecule has 0 saturated heterocycles. The summed E-state index contributed by atoms with van der Waals surface area (Å²) in [6.07, 6.45) is 7.12. The van der Waals surface area contributed by atoms with Crippen molar-refractivity contribution in [3.05, 3.63) is 16.1 Å². The Bertz CT molecular complexity index is 423. The Balaban J connectivity index is 2.04. The number of carbonyl (C=O) groups is 1. The number of esters is 1. The number of nitrogens with two attached hydrogens (primary N) is 1. The quantitative estimate of drug-likeness (QED) is 0.681. The molecule has 1 saturated carbocycles. The molecule has 0 aliphatic heterocycles. The number of nitrogens with zero attached hydrogens (tertiary/aromatic N) is 1. The van der Waals surface area contributed by atoms with E-state index >= 15 is 0 Å². The zero-order valence-corrected chi connectivity index (χ0v) is 12.3. The van der Waals surface area contributed by atoms with Gasteiger partial charge in [-0.25, -0.2) is 4.98 Å². The summed E-state index contributed by atoms with van der Waals surface area (Å²) in [6.45, 7) is 2.22. The first-order valence-corrected chi connectivity index (χ1v) is 7.91. The Hall–Kier alpha value is -0.940. The average Bonchev–Trinajstić information content (AvgIpc) is 2.72. The Morgan fingerprint density at radius 3 is 2.74 bits per heavy atom. The molecule has 4 nitrogen and oxygen atoms in total. The van der Waals surface area contributed by atoms with Crippen molar-refractivity contribution in [2.75, 3.05) is 6.61 Å². The molecule has 1 aromatic rings. The molecule has 2 rings (SSSR count). The molecule has 1 aromatic heterocycles. The number of aromatic nitrogens is 1. The van der Waals surface area contributed by atoms with Crippen molar-refractivity contribution in [2.24, 2.45) is 5.73 Å². The molecule has 0 aromatic carbocycles. The van der Waals surface area contributed by atoms with Crippen LogP contribution >= 0.6 is 11.3 Å². The molecular weight excluding hydrogens is 260 g/mol. The number of hydrogen-bond donors (Lipinski definition) is 1. The molecule has 1 aliphatic carbocycles. The van der Waals surface area contributed by atoms with Gasteiger partial charge in [0.15, 0.2) is 0 Å². The van der Waals surface area contributed by atoms with Gasteiger partial charge in [0, 0.05) is 5.38 Å². The van der Waals surface area contributed by atoms with Crippen LogP contribution in [-0.4, -0.2) is 17.6 Å². The molecule has 19 heavy (non-hydrogen) atoms. The van der Waals surface area contributed by atoms with Crippen molar-refractivity contribution in [1.82, 2.24) is 4.98 Å². The van der Waals surface area contributed by atoms with Crippen molar-refractivity contribution in [1.29, 1.82) is 0 Å². The first-order chi connectivity index (χ1) is 9.14. The molecule has 0 unspecified atom stereocenters. The molecule has 106 valence electrons. The molecule has 5 heteroatoms. The summed E-state index contributed by atoms with van der Waals surface area (Å²) < 4.78 is 4.94. The second-order valence-corrected chi connectivity index (χ2v) is 6.05. The van der Waals surface area contributed by atoms with Crippen molar-refractivity contribution in [3.63, 3.8) is 0 Å². The molecule has 0 bridgehead atoms. The topological polar surface area (TPSA) is 65.2 Å². The zero-order valence-electron chi connectivity index (χ0n) is 11.5. The molecule has 0 amide bonds. The lowest BCUT2D eigenvalue weighted by atomic mass is 9.92. The summed E-state index contributed by atoms with van der Waals surface area (Å²) in [4.78, 5) is 16.0. The molecule has 0 radical (unpaired) electrons. The second-order valence-electron chi connectivity index (χ2n) is 5.20. The van der Waals surface area contributed by atoms with Crippen LogP contribution in [0.4, 0.5) is 0 Å². The molecule has 1 heterocycles. The zero-order chi connectivity index (χ0) is 13.7. The van der Waals surface area contributed by atoms with Gasteiger partial charge in [0.25, 0.3) is 0 Å². The number of rotatable bonds is 4. The third kappa shape index (κ3) is 3.76. The lowest BCUT2D eigenvalue weighted by Gasteiger charge is -2.25. The fourth-order valence-electron chi connectivity index (χ4n) is 2.55. The smallest absolute Gasteiger partial charge is 0.311 e. The minimum atomic E-state index is -0.284. The van der Waals surface area contributed by atoms with E-state index in [9.17, 15) is 4.79 Å². The third-order valence-electron chi connectivity index (χ3n) is 3.60. The molecular formula is C14H22N2O2S. The van der Waals surface area contributed by atoms with Gasteiger partial charge >= 0.3 is 5.97 Å². The summed E-state index contributed by atoms with van der Waals surface area (Å²) in [5.74, 6) is -0.216. The minimum Gasteiger partial charge on any atom is -0.466 e. The van der Waals surface area contributed by atoms with Crippen LogP contribution in [0.5, 0.6) is 0 Å². The molecule has 1 aliphatic rings. The summed E-state index contributed by atoms with van der Waals surface area (Å²) in [7, 11) is 0. The SMILES string of the molecule is CCOC(=O)Cc1csc(C2(N)CCCCCC2)n1. The van der Waals surface area contributed by atoms with Crippen LogP contribution in [0.3, 0.4) is 0 Å². The maximum Gasteiger partial charge on any atom is 0.311 e. The molecule has 2 N–H and O–H groups in total. The fraction of sp³-hybridized carbons (Fsp3) is 0.714. The van der Waals surface area contributed by atoms with E-state index in [2.05, 4.69) is 4.98 Å². The van der Waals surface area contributed by atoms with Gasteiger partial charge in [-0.3, -0.25) is 4.79 Å².